The van der Waals surface area contributed by atoms with Gasteiger partial charge in [-0.25, -0.2) is 0 Å². The molecule has 0 aliphatic rings. The van der Waals surface area contributed by atoms with Gasteiger partial charge in [-0.15, -0.1) is 0 Å². The zero-order valence-corrected chi connectivity index (χ0v) is 48.5. The lowest BCUT2D eigenvalue weighted by atomic mass is 9.81. The number of unbranched alkanes of at least 4 members (excludes halogenated alkanes) is 41. The maximum Gasteiger partial charge on any atom is 0.306 e. The molecule has 0 spiro atoms. The van der Waals surface area contributed by atoms with E-state index in [0.29, 0.717) is 24.7 Å². The van der Waals surface area contributed by atoms with Gasteiger partial charge >= 0.3 is 17.9 Å². The minimum atomic E-state index is -0.768. The highest BCUT2D eigenvalue weighted by atomic mass is 16.6. The highest BCUT2D eigenvalue weighted by Gasteiger charge is 2.20. The Morgan fingerprint density at radius 2 is 0.625 bits per heavy atom. The number of hydrogen-bond donors (Lipinski definition) is 0. The van der Waals surface area contributed by atoms with E-state index in [-0.39, 0.29) is 31.1 Å². The lowest BCUT2D eigenvalue weighted by molar-refractivity contribution is -0.167. The zero-order chi connectivity index (χ0) is 52.1. The summed E-state index contributed by atoms with van der Waals surface area (Å²) in [6.07, 6.45) is 58.8. The summed E-state index contributed by atoms with van der Waals surface area (Å²) in [6, 6.07) is 10.9. The van der Waals surface area contributed by atoms with Crippen molar-refractivity contribution in [2.75, 3.05) is 13.2 Å². The van der Waals surface area contributed by atoms with Crippen molar-refractivity contribution >= 4 is 17.9 Å². The highest BCUT2D eigenvalue weighted by Crippen LogP contribution is 2.29. The Balaban J connectivity index is 2.21. The van der Waals surface area contributed by atoms with Gasteiger partial charge in [-0.1, -0.05) is 321 Å². The average Bonchev–Trinajstić information content (AvgIpc) is 3.37. The molecule has 0 bridgehead atoms. The SMILES string of the molecule is CCCCCCCCCCCCCCCCCC(=O)OCC(COC(=O)CCCCCCCCCCCCCCCCC(C)(C)Cc1ccccc1)OC(=O)CCCCCCCCCCCCCCCCC. The van der Waals surface area contributed by atoms with Gasteiger partial charge in [0.15, 0.2) is 6.10 Å². The summed E-state index contributed by atoms with van der Waals surface area (Å²) in [5.74, 6) is -0.838. The van der Waals surface area contributed by atoms with Gasteiger partial charge < -0.3 is 14.2 Å². The maximum absolute atomic E-state index is 12.9. The monoisotopic (exact) mass is 1010 g/mol. The Morgan fingerprint density at radius 1 is 0.361 bits per heavy atom. The van der Waals surface area contributed by atoms with Gasteiger partial charge in [-0.3, -0.25) is 14.4 Å². The number of carbonyl (C=O) groups is 3. The largest absolute Gasteiger partial charge is 0.462 e. The van der Waals surface area contributed by atoms with Gasteiger partial charge in [0.2, 0.25) is 0 Å². The molecule has 72 heavy (non-hydrogen) atoms. The minimum absolute atomic E-state index is 0.0655. The third-order valence-electron chi connectivity index (χ3n) is 15.1. The topological polar surface area (TPSA) is 78.9 Å². The summed E-state index contributed by atoms with van der Waals surface area (Å²) >= 11 is 0. The van der Waals surface area contributed by atoms with Gasteiger partial charge in [-0.05, 0) is 43.1 Å². The summed E-state index contributed by atoms with van der Waals surface area (Å²) in [5.41, 5.74) is 1.84. The molecule has 0 radical (unpaired) electrons. The van der Waals surface area contributed by atoms with Crippen LogP contribution in [0.3, 0.4) is 0 Å². The molecule has 0 aliphatic carbocycles. The molecule has 0 saturated carbocycles. The van der Waals surface area contributed by atoms with Crippen LogP contribution in [0, 0.1) is 5.41 Å². The number of hydrogen-bond acceptors (Lipinski definition) is 6. The first-order valence-electron chi connectivity index (χ1n) is 31.8. The summed E-state index contributed by atoms with van der Waals surface area (Å²) in [4.78, 5) is 38.3. The Hall–Kier alpha value is -2.37. The van der Waals surface area contributed by atoms with E-state index in [0.717, 1.165) is 57.8 Å². The lowest BCUT2D eigenvalue weighted by Crippen LogP contribution is -2.30. The van der Waals surface area contributed by atoms with Crippen LogP contribution in [0.4, 0.5) is 0 Å². The summed E-state index contributed by atoms with van der Waals surface area (Å²) in [7, 11) is 0. The van der Waals surface area contributed by atoms with Gasteiger partial charge in [0.1, 0.15) is 13.2 Å². The first kappa shape index (κ1) is 67.6. The van der Waals surface area contributed by atoms with Crippen LogP contribution in [-0.2, 0) is 35.0 Å². The van der Waals surface area contributed by atoms with Crippen LogP contribution in [0.15, 0.2) is 30.3 Å². The van der Waals surface area contributed by atoms with E-state index >= 15 is 0 Å². The molecule has 1 aromatic rings. The van der Waals surface area contributed by atoms with Crippen LogP contribution >= 0.6 is 0 Å². The summed E-state index contributed by atoms with van der Waals surface area (Å²) in [6.45, 7) is 9.26. The van der Waals surface area contributed by atoms with Crippen LogP contribution in [-0.4, -0.2) is 37.2 Å². The Bertz CT molecular complexity index is 1310. The van der Waals surface area contributed by atoms with E-state index in [4.69, 9.17) is 14.2 Å². The van der Waals surface area contributed by atoms with Crippen molar-refractivity contribution in [2.45, 2.75) is 348 Å². The molecule has 0 saturated heterocycles. The molecule has 6 heteroatoms. The quantitative estimate of drug-likeness (QED) is 0.0367. The molecule has 0 N–H and O–H groups in total. The van der Waals surface area contributed by atoms with Crippen LogP contribution in [0.5, 0.6) is 0 Å². The fourth-order valence-electron chi connectivity index (χ4n) is 10.4. The molecule has 1 rings (SSSR count). The molecule has 1 aromatic carbocycles. The highest BCUT2D eigenvalue weighted by molar-refractivity contribution is 5.71. The van der Waals surface area contributed by atoms with Crippen LogP contribution in [0.1, 0.15) is 341 Å². The Morgan fingerprint density at radius 3 is 0.931 bits per heavy atom. The lowest BCUT2D eigenvalue weighted by Gasteiger charge is -2.24. The molecular weight excluding hydrogens is 889 g/mol. The van der Waals surface area contributed by atoms with Gasteiger partial charge in [0, 0.05) is 19.3 Å². The third kappa shape index (κ3) is 48.6. The minimum Gasteiger partial charge on any atom is -0.462 e. The molecule has 1 atom stereocenters. The molecular formula is C66H120O6. The van der Waals surface area contributed by atoms with Crippen LogP contribution in [0.25, 0.3) is 0 Å². The van der Waals surface area contributed by atoms with Crippen molar-refractivity contribution in [3.63, 3.8) is 0 Å². The second-order valence-electron chi connectivity index (χ2n) is 23.2. The maximum atomic E-state index is 12.9. The van der Waals surface area contributed by atoms with E-state index < -0.39 is 6.10 Å². The standard InChI is InChI=1S/C66H120O6/c1-5-7-9-11-13-15-17-19-21-25-29-33-37-41-48-54-63(67)70-59-62(72-65(69)56-50-43-39-35-31-27-22-20-18-16-14-12-10-8-6-2)60-71-64(68)55-49-42-38-34-30-26-23-24-28-32-36-40-44-51-57-66(3,4)58-61-52-46-45-47-53-61/h45-47,52-53,62H,5-44,48-51,54-60H2,1-4H3. The second kappa shape index (κ2) is 52.1. The van der Waals surface area contributed by atoms with Crippen molar-refractivity contribution < 1.29 is 28.6 Å². The molecule has 0 aliphatic heterocycles. The molecule has 0 aromatic heterocycles. The van der Waals surface area contributed by atoms with E-state index in [1.54, 1.807) is 0 Å². The van der Waals surface area contributed by atoms with E-state index in [1.165, 1.54) is 243 Å². The van der Waals surface area contributed by atoms with Crippen molar-refractivity contribution in [1.29, 1.82) is 0 Å². The molecule has 6 nitrogen and oxygen atoms in total. The predicted molar refractivity (Wildman–Crippen MR) is 309 cm³/mol. The molecule has 0 heterocycles. The first-order chi connectivity index (χ1) is 35.3. The zero-order valence-electron chi connectivity index (χ0n) is 48.5. The molecule has 420 valence electrons. The fraction of sp³-hybridized carbons (Fsp3) is 0.864. The first-order valence-corrected chi connectivity index (χ1v) is 31.8. The third-order valence-corrected chi connectivity index (χ3v) is 15.1. The van der Waals surface area contributed by atoms with Crippen molar-refractivity contribution in [3.05, 3.63) is 35.9 Å². The van der Waals surface area contributed by atoms with Crippen molar-refractivity contribution in [1.82, 2.24) is 0 Å². The van der Waals surface area contributed by atoms with Crippen LogP contribution in [0.2, 0.25) is 0 Å². The van der Waals surface area contributed by atoms with E-state index in [9.17, 15) is 14.4 Å². The fourth-order valence-corrected chi connectivity index (χ4v) is 10.4. The molecule has 0 amide bonds. The average molecular weight is 1010 g/mol. The number of carbonyl (C=O) groups excluding carboxylic acids is 3. The number of benzene rings is 1. The van der Waals surface area contributed by atoms with Gasteiger partial charge in [-0.2, -0.15) is 0 Å². The van der Waals surface area contributed by atoms with E-state index in [1.807, 2.05) is 0 Å². The van der Waals surface area contributed by atoms with E-state index in [2.05, 4.69) is 58.0 Å². The smallest absolute Gasteiger partial charge is 0.306 e. The Labute approximate surface area is 447 Å². The number of rotatable bonds is 56. The normalized spacial score (nSPS) is 12.1. The van der Waals surface area contributed by atoms with Gasteiger partial charge in [0.05, 0.1) is 0 Å². The van der Waals surface area contributed by atoms with Crippen molar-refractivity contribution in [2.24, 2.45) is 5.41 Å². The number of esters is 3. The molecule has 0 fully saturated rings. The Kier molecular flexibility index (Phi) is 48.9. The predicted octanol–water partition coefficient (Wildman–Crippen LogP) is 21.0. The summed E-state index contributed by atoms with van der Waals surface area (Å²) in [5, 5.41) is 0. The van der Waals surface area contributed by atoms with Crippen LogP contribution < -0.4 is 0 Å². The number of ether oxygens (including phenoxy) is 3. The second-order valence-corrected chi connectivity index (χ2v) is 23.2. The summed E-state index contributed by atoms with van der Waals surface area (Å²) < 4.78 is 17.0. The van der Waals surface area contributed by atoms with Gasteiger partial charge in [0.25, 0.3) is 0 Å². The molecule has 1 unspecified atom stereocenters. The van der Waals surface area contributed by atoms with Crippen molar-refractivity contribution in [3.8, 4) is 0 Å².